The minimum Gasteiger partial charge on any atom is -0.508 e. The Hall–Kier alpha value is -1.02. The number of hydrogen-bond donors (Lipinski definition) is 2. The van der Waals surface area contributed by atoms with Crippen molar-refractivity contribution < 1.29 is 5.11 Å². The lowest BCUT2D eigenvalue weighted by Gasteiger charge is -2.18. The molecule has 1 atom stereocenters. The van der Waals surface area contributed by atoms with Gasteiger partial charge in [-0.1, -0.05) is 30.5 Å². The molecule has 0 aliphatic heterocycles. The Morgan fingerprint density at radius 2 is 2.06 bits per heavy atom. The fourth-order valence-corrected chi connectivity index (χ4v) is 2.69. The molecule has 0 spiro atoms. The van der Waals surface area contributed by atoms with E-state index in [-0.39, 0.29) is 6.04 Å². The van der Waals surface area contributed by atoms with Crippen molar-refractivity contribution in [3.63, 3.8) is 0 Å². The Morgan fingerprint density at radius 1 is 1.35 bits per heavy atom. The number of aryl methyl sites for hydroxylation is 1. The summed E-state index contributed by atoms with van der Waals surface area (Å²) < 4.78 is 0. The van der Waals surface area contributed by atoms with Crippen LogP contribution in [0.15, 0.2) is 18.2 Å². The Balaban J connectivity index is 1.93. The summed E-state index contributed by atoms with van der Waals surface area (Å²) >= 11 is 0. The second-order valence-corrected chi connectivity index (χ2v) is 5.34. The van der Waals surface area contributed by atoms with Crippen LogP contribution in [-0.4, -0.2) is 11.7 Å². The number of aromatic hydroxyl groups is 1. The zero-order chi connectivity index (χ0) is 12.3. The third kappa shape index (κ3) is 3.22. The maximum absolute atomic E-state index is 9.86. The van der Waals surface area contributed by atoms with Crippen LogP contribution in [0, 0.1) is 12.8 Å². The fraction of sp³-hybridized carbons (Fsp3) is 0.600. The molecule has 17 heavy (non-hydrogen) atoms. The molecule has 0 aromatic heterocycles. The van der Waals surface area contributed by atoms with Crippen LogP contribution < -0.4 is 5.32 Å². The zero-order valence-electron chi connectivity index (χ0n) is 10.9. The van der Waals surface area contributed by atoms with Gasteiger partial charge < -0.3 is 10.4 Å². The first-order chi connectivity index (χ1) is 8.16. The molecule has 1 unspecified atom stereocenters. The van der Waals surface area contributed by atoms with E-state index in [1.165, 1.54) is 31.2 Å². The first-order valence-corrected chi connectivity index (χ1v) is 6.69. The highest BCUT2D eigenvalue weighted by molar-refractivity contribution is 5.37. The van der Waals surface area contributed by atoms with Crippen molar-refractivity contribution >= 4 is 0 Å². The third-order valence-corrected chi connectivity index (χ3v) is 3.84. The lowest BCUT2D eigenvalue weighted by Crippen LogP contribution is -2.24. The van der Waals surface area contributed by atoms with Crippen LogP contribution in [0.5, 0.6) is 5.75 Å². The largest absolute Gasteiger partial charge is 0.508 e. The van der Waals surface area contributed by atoms with Crippen molar-refractivity contribution in [2.75, 3.05) is 6.54 Å². The molecular weight excluding hydrogens is 210 g/mol. The summed E-state index contributed by atoms with van der Waals surface area (Å²) in [6.07, 6.45) is 5.49. The topological polar surface area (TPSA) is 32.3 Å². The highest BCUT2D eigenvalue weighted by Gasteiger charge is 2.17. The van der Waals surface area contributed by atoms with Gasteiger partial charge in [0.1, 0.15) is 5.75 Å². The Bertz CT molecular complexity index is 369. The van der Waals surface area contributed by atoms with Gasteiger partial charge in [0.2, 0.25) is 0 Å². The monoisotopic (exact) mass is 233 g/mol. The van der Waals surface area contributed by atoms with Gasteiger partial charge in [-0.3, -0.25) is 0 Å². The smallest absolute Gasteiger partial charge is 0.120 e. The van der Waals surface area contributed by atoms with E-state index in [1.807, 2.05) is 6.07 Å². The summed E-state index contributed by atoms with van der Waals surface area (Å²) in [5.74, 6) is 1.24. The van der Waals surface area contributed by atoms with Gasteiger partial charge in [0.05, 0.1) is 0 Å². The van der Waals surface area contributed by atoms with Gasteiger partial charge in [-0.15, -0.1) is 0 Å². The highest BCUT2D eigenvalue weighted by atomic mass is 16.3. The van der Waals surface area contributed by atoms with E-state index in [0.29, 0.717) is 5.75 Å². The molecule has 0 radical (unpaired) electrons. The molecule has 0 heterocycles. The maximum Gasteiger partial charge on any atom is 0.120 e. The van der Waals surface area contributed by atoms with E-state index in [9.17, 15) is 5.11 Å². The Labute approximate surface area is 104 Å². The minimum absolute atomic E-state index is 0.232. The molecule has 2 rings (SSSR count). The number of rotatable bonds is 4. The quantitative estimate of drug-likeness (QED) is 0.833. The summed E-state index contributed by atoms with van der Waals surface area (Å²) in [6, 6.07) is 6.04. The van der Waals surface area contributed by atoms with Gasteiger partial charge in [-0.2, -0.15) is 0 Å². The lowest BCUT2D eigenvalue weighted by atomic mass is 10.0. The Kier molecular flexibility index (Phi) is 4.06. The van der Waals surface area contributed by atoms with Gasteiger partial charge >= 0.3 is 0 Å². The van der Waals surface area contributed by atoms with Crippen molar-refractivity contribution in [3.05, 3.63) is 29.3 Å². The van der Waals surface area contributed by atoms with Gasteiger partial charge in [-0.25, -0.2) is 0 Å². The van der Waals surface area contributed by atoms with Crippen LogP contribution in [0.25, 0.3) is 0 Å². The molecule has 1 fully saturated rings. The number of hydrogen-bond acceptors (Lipinski definition) is 2. The van der Waals surface area contributed by atoms with E-state index in [0.717, 1.165) is 18.0 Å². The van der Waals surface area contributed by atoms with E-state index >= 15 is 0 Å². The Morgan fingerprint density at radius 3 is 2.76 bits per heavy atom. The van der Waals surface area contributed by atoms with Crippen LogP contribution in [0.4, 0.5) is 0 Å². The normalized spacial score (nSPS) is 18.5. The zero-order valence-corrected chi connectivity index (χ0v) is 10.9. The van der Waals surface area contributed by atoms with E-state index in [2.05, 4.69) is 25.2 Å². The molecule has 2 nitrogen and oxygen atoms in total. The van der Waals surface area contributed by atoms with Crippen LogP contribution in [0.2, 0.25) is 0 Å². The molecule has 0 saturated heterocycles. The summed E-state index contributed by atoms with van der Waals surface area (Å²) in [7, 11) is 0. The van der Waals surface area contributed by atoms with Crippen LogP contribution in [-0.2, 0) is 0 Å². The number of phenols is 1. The summed E-state index contributed by atoms with van der Waals surface area (Å²) in [5.41, 5.74) is 2.22. The van der Waals surface area contributed by atoms with Crippen molar-refractivity contribution in [3.8, 4) is 5.75 Å². The minimum atomic E-state index is 0.232. The molecule has 0 bridgehead atoms. The molecule has 2 N–H and O–H groups in total. The second kappa shape index (κ2) is 5.54. The molecular formula is C15H23NO. The molecule has 1 aliphatic carbocycles. The van der Waals surface area contributed by atoms with Crippen molar-refractivity contribution in [2.45, 2.75) is 45.6 Å². The molecule has 1 aliphatic rings. The van der Waals surface area contributed by atoms with E-state index in [1.54, 1.807) is 6.07 Å². The molecule has 94 valence electrons. The third-order valence-electron chi connectivity index (χ3n) is 3.84. The van der Waals surface area contributed by atoms with Crippen molar-refractivity contribution in [2.24, 2.45) is 5.92 Å². The predicted octanol–water partition coefficient (Wildman–Crippen LogP) is 3.54. The van der Waals surface area contributed by atoms with Crippen LogP contribution in [0.3, 0.4) is 0 Å². The van der Waals surface area contributed by atoms with Crippen LogP contribution >= 0.6 is 0 Å². The number of nitrogens with one attached hydrogen (secondary N) is 1. The van der Waals surface area contributed by atoms with Gasteiger partial charge in [0, 0.05) is 11.6 Å². The molecule has 2 heteroatoms. The first-order valence-electron chi connectivity index (χ1n) is 6.69. The summed E-state index contributed by atoms with van der Waals surface area (Å²) in [5, 5.41) is 13.4. The second-order valence-electron chi connectivity index (χ2n) is 5.34. The molecule has 1 aromatic rings. The van der Waals surface area contributed by atoms with Gasteiger partial charge in [-0.05, 0) is 45.2 Å². The lowest BCUT2D eigenvalue weighted by molar-refractivity contribution is 0.427. The average molecular weight is 233 g/mol. The molecule has 0 amide bonds. The van der Waals surface area contributed by atoms with Crippen molar-refractivity contribution in [1.29, 1.82) is 0 Å². The summed E-state index contributed by atoms with van der Waals surface area (Å²) in [4.78, 5) is 0. The maximum atomic E-state index is 9.86. The predicted molar refractivity (Wildman–Crippen MR) is 71.2 cm³/mol. The molecule has 1 aromatic carbocycles. The van der Waals surface area contributed by atoms with Gasteiger partial charge in [0.15, 0.2) is 0 Å². The standard InChI is InChI=1S/C15H23NO/c1-11-7-8-15(17)14(9-11)12(2)16-10-13-5-3-4-6-13/h7-9,12-13,16-17H,3-6,10H2,1-2H3. The van der Waals surface area contributed by atoms with E-state index < -0.39 is 0 Å². The number of phenolic OH excluding ortho intramolecular Hbond substituents is 1. The SMILES string of the molecule is Cc1ccc(O)c(C(C)NCC2CCCC2)c1. The fourth-order valence-electron chi connectivity index (χ4n) is 2.69. The first kappa shape index (κ1) is 12.4. The summed E-state index contributed by atoms with van der Waals surface area (Å²) in [6.45, 7) is 5.27. The molecule has 1 saturated carbocycles. The van der Waals surface area contributed by atoms with Crippen molar-refractivity contribution in [1.82, 2.24) is 5.32 Å². The number of benzene rings is 1. The average Bonchev–Trinajstić information content (AvgIpc) is 2.82. The van der Waals surface area contributed by atoms with Crippen LogP contribution in [0.1, 0.15) is 49.8 Å². The van der Waals surface area contributed by atoms with E-state index in [4.69, 9.17) is 0 Å². The van der Waals surface area contributed by atoms with Gasteiger partial charge in [0.25, 0.3) is 0 Å². The highest BCUT2D eigenvalue weighted by Crippen LogP contribution is 2.27.